The SMILES string of the molecule is Cc1c(F)cccc1C(=O)Nc1cccc2c1C(C)CC2(C)C. The second-order valence-electron chi connectivity index (χ2n) is 7.12. The van der Waals surface area contributed by atoms with Gasteiger partial charge in [-0.15, -0.1) is 0 Å². The standard InChI is InChI=1S/C20H22FNO/c1-12-11-20(3,4)15-8-6-10-17(18(12)15)22-19(23)14-7-5-9-16(21)13(14)2/h5-10,12H,11H2,1-4H3,(H,22,23). The molecule has 3 rings (SSSR count). The van der Waals surface area contributed by atoms with Crippen molar-refractivity contribution in [3.8, 4) is 0 Å². The van der Waals surface area contributed by atoms with Crippen LogP contribution in [0.2, 0.25) is 0 Å². The van der Waals surface area contributed by atoms with Gasteiger partial charge in [0.15, 0.2) is 0 Å². The molecule has 3 heteroatoms. The maximum Gasteiger partial charge on any atom is 0.256 e. The predicted molar refractivity (Wildman–Crippen MR) is 91.6 cm³/mol. The predicted octanol–water partition coefficient (Wildman–Crippen LogP) is 5.17. The molecule has 120 valence electrons. The molecule has 1 aliphatic carbocycles. The number of anilines is 1. The maximum absolute atomic E-state index is 13.7. The van der Waals surface area contributed by atoms with Crippen LogP contribution in [0.3, 0.4) is 0 Å². The lowest BCUT2D eigenvalue weighted by atomic mass is 9.86. The molecule has 23 heavy (non-hydrogen) atoms. The largest absolute Gasteiger partial charge is 0.322 e. The molecule has 0 fully saturated rings. The number of fused-ring (bicyclic) bond motifs is 1. The van der Waals surface area contributed by atoms with Crippen molar-refractivity contribution >= 4 is 11.6 Å². The topological polar surface area (TPSA) is 29.1 Å². The van der Waals surface area contributed by atoms with Gasteiger partial charge in [-0.1, -0.05) is 39.0 Å². The number of carbonyl (C=O) groups is 1. The second kappa shape index (κ2) is 5.48. The van der Waals surface area contributed by atoms with E-state index in [1.807, 2.05) is 12.1 Å². The number of hydrogen-bond donors (Lipinski definition) is 1. The Hall–Kier alpha value is -2.16. The summed E-state index contributed by atoms with van der Waals surface area (Å²) in [6.07, 6.45) is 1.06. The fourth-order valence-corrected chi connectivity index (χ4v) is 3.82. The lowest BCUT2D eigenvalue weighted by Gasteiger charge is -2.19. The van der Waals surface area contributed by atoms with E-state index in [0.717, 1.165) is 12.1 Å². The molecule has 1 atom stereocenters. The zero-order chi connectivity index (χ0) is 16.8. The monoisotopic (exact) mass is 311 g/mol. The van der Waals surface area contributed by atoms with Crippen molar-refractivity contribution in [2.45, 2.75) is 45.4 Å². The van der Waals surface area contributed by atoms with Crippen LogP contribution in [0.1, 0.15) is 60.2 Å². The van der Waals surface area contributed by atoms with Crippen LogP contribution in [-0.2, 0) is 5.41 Å². The summed E-state index contributed by atoms with van der Waals surface area (Å²) in [5.74, 6) is -0.220. The summed E-state index contributed by atoms with van der Waals surface area (Å²) >= 11 is 0. The van der Waals surface area contributed by atoms with Crippen LogP contribution in [0.4, 0.5) is 10.1 Å². The average molecular weight is 311 g/mol. The summed E-state index contributed by atoms with van der Waals surface area (Å²) in [5.41, 5.74) is 4.22. The highest BCUT2D eigenvalue weighted by atomic mass is 19.1. The van der Waals surface area contributed by atoms with Crippen molar-refractivity contribution in [1.29, 1.82) is 0 Å². The van der Waals surface area contributed by atoms with Gasteiger partial charge in [-0.2, -0.15) is 0 Å². The lowest BCUT2D eigenvalue weighted by Crippen LogP contribution is -2.16. The Morgan fingerprint density at radius 2 is 1.91 bits per heavy atom. The van der Waals surface area contributed by atoms with Gasteiger partial charge in [-0.25, -0.2) is 4.39 Å². The summed E-state index contributed by atoms with van der Waals surface area (Å²) in [5, 5.41) is 2.99. The molecule has 0 aromatic heterocycles. The third kappa shape index (κ3) is 2.65. The first kappa shape index (κ1) is 15.7. The molecule has 1 aliphatic rings. The smallest absolute Gasteiger partial charge is 0.256 e. The van der Waals surface area contributed by atoms with Gasteiger partial charge in [0.05, 0.1) is 0 Å². The molecule has 0 heterocycles. The zero-order valence-corrected chi connectivity index (χ0v) is 14.0. The minimum absolute atomic E-state index is 0.115. The minimum Gasteiger partial charge on any atom is -0.322 e. The number of carbonyl (C=O) groups excluding carboxylic acids is 1. The Morgan fingerprint density at radius 3 is 2.65 bits per heavy atom. The number of hydrogen-bond acceptors (Lipinski definition) is 1. The molecule has 0 saturated heterocycles. The summed E-state index contributed by atoms with van der Waals surface area (Å²) < 4.78 is 13.7. The van der Waals surface area contributed by atoms with Crippen LogP contribution in [0.25, 0.3) is 0 Å². The normalized spacial score (nSPS) is 18.6. The van der Waals surface area contributed by atoms with Gasteiger partial charge in [-0.05, 0) is 59.6 Å². The maximum atomic E-state index is 13.7. The average Bonchev–Trinajstić information content (AvgIpc) is 2.72. The van der Waals surface area contributed by atoms with E-state index in [1.165, 1.54) is 17.2 Å². The first-order valence-corrected chi connectivity index (χ1v) is 8.01. The van der Waals surface area contributed by atoms with Gasteiger partial charge >= 0.3 is 0 Å². The molecule has 1 amide bonds. The van der Waals surface area contributed by atoms with Gasteiger partial charge < -0.3 is 5.32 Å². The van der Waals surface area contributed by atoms with Gasteiger partial charge in [-0.3, -0.25) is 4.79 Å². The zero-order valence-electron chi connectivity index (χ0n) is 14.0. The van der Waals surface area contributed by atoms with Crippen molar-refractivity contribution < 1.29 is 9.18 Å². The van der Waals surface area contributed by atoms with E-state index >= 15 is 0 Å². The van der Waals surface area contributed by atoms with Gasteiger partial charge in [0.25, 0.3) is 5.91 Å². The highest BCUT2D eigenvalue weighted by molar-refractivity contribution is 6.05. The molecule has 2 aromatic rings. The number of nitrogens with one attached hydrogen (secondary N) is 1. The Kier molecular flexibility index (Phi) is 3.75. The minimum atomic E-state index is -0.356. The first-order valence-electron chi connectivity index (χ1n) is 8.01. The lowest BCUT2D eigenvalue weighted by molar-refractivity contribution is 0.102. The van der Waals surface area contributed by atoms with Crippen LogP contribution in [0.5, 0.6) is 0 Å². The summed E-state index contributed by atoms with van der Waals surface area (Å²) in [6, 6.07) is 10.7. The number of amides is 1. The first-order chi connectivity index (χ1) is 10.8. The van der Waals surface area contributed by atoms with Gasteiger partial charge in [0.1, 0.15) is 5.82 Å². The molecular weight excluding hydrogens is 289 g/mol. The van der Waals surface area contributed by atoms with E-state index in [0.29, 0.717) is 17.0 Å². The Bertz CT molecular complexity index is 779. The fourth-order valence-electron chi connectivity index (χ4n) is 3.82. The van der Waals surface area contributed by atoms with E-state index in [9.17, 15) is 9.18 Å². The third-order valence-corrected chi connectivity index (χ3v) is 4.91. The Morgan fingerprint density at radius 1 is 1.22 bits per heavy atom. The fraction of sp³-hybridized carbons (Fsp3) is 0.350. The molecule has 0 bridgehead atoms. The van der Waals surface area contributed by atoms with Gasteiger partial charge in [0, 0.05) is 11.3 Å². The van der Waals surface area contributed by atoms with Crippen LogP contribution < -0.4 is 5.32 Å². The number of benzene rings is 2. The van der Waals surface area contributed by atoms with E-state index in [2.05, 4.69) is 32.2 Å². The van der Waals surface area contributed by atoms with E-state index in [4.69, 9.17) is 0 Å². The molecule has 2 aromatic carbocycles. The van der Waals surface area contributed by atoms with Crippen molar-refractivity contribution in [3.63, 3.8) is 0 Å². The molecular formula is C20H22FNO. The third-order valence-electron chi connectivity index (χ3n) is 4.91. The van der Waals surface area contributed by atoms with Crippen molar-refractivity contribution in [2.75, 3.05) is 5.32 Å². The molecule has 1 unspecified atom stereocenters. The van der Waals surface area contributed by atoms with Crippen LogP contribution in [0.15, 0.2) is 36.4 Å². The molecule has 0 radical (unpaired) electrons. The molecule has 0 spiro atoms. The molecule has 1 N–H and O–H groups in total. The van der Waals surface area contributed by atoms with Crippen molar-refractivity contribution in [3.05, 3.63) is 64.5 Å². The number of rotatable bonds is 2. The molecule has 0 aliphatic heterocycles. The Labute approximate surface area is 136 Å². The number of halogens is 1. The summed E-state index contributed by atoms with van der Waals surface area (Å²) in [6.45, 7) is 8.29. The second-order valence-corrected chi connectivity index (χ2v) is 7.12. The molecule has 2 nitrogen and oxygen atoms in total. The summed E-state index contributed by atoms with van der Waals surface area (Å²) in [7, 11) is 0. The van der Waals surface area contributed by atoms with Crippen LogP contribution in [0, 0.1) is 12.7 Å². The highest BCUT2D eigenvalue weighted by Gasteiger charge is 2.36. The molecule has 0 saturated carbocycles. The van der Waals surface area contributed by atoms with Crippen LogP contribution in [-0.4, -0.2) is 5.91 Å². The van der Waals surface area contributed by atoms with Gasteiger partial charge in [0.2, 0.25) is 0 Å². The Balaban J connectivity index is 1.98. The van der Waals surface area contributed by atoms with E-state index in [-0.39, 0.29) is 17.1 Å². The van der Waals surface area contributed by atoms with Crippen molar-refractivity contribution in [1.82, 2.24) is 0 Å². The highest BCUT2D eigenvalue weighted by Crippen LogP contribution is 2.48. The van der Waals surface area contributed by atoms with Crippen LogP contribution >= 0.6 is 0 Å². The van der Waals surface area contributed by atoms with Crippen molar-refractivity contribution in [2.24, 2.45) is 0 Å². The van der Waals surface area contributed by atoms with E-state index < -0.39 is 0 Å². The quantitative estimate of drug-likeness (QED) is 0.814. The summed E-state index contributed by atoms with van der Waals surface area (Å²) in [4.78, 5) is 12.6. The van der Waals surface area contributed by atoms with E-state index in [1.54, 1.807) is 19.1 Å².